The van der Waals surface area contributed by atoms with E-state index in [2.05, 4.69) is 68.4 Å². The van der Waals surface area contributed by atoms with Crippen molar-refractivity contribution in [2.24, 2.45) is 5.41 Å². The topological polar surface area (TPSA) is 44.0 Å². The standard InChI is InChI=1S/C29H39NO/c1-3-8-23(2)24-10-12-25(13-11-24)26-14-16-27(17-15-26)28-9-7-19-29(21-28,22-30)18-5-4-6-20-31/h10-17,23,28,31H,3-9,18-21H2,1-2H3. The van der Waals surface area contributed by atoms with Crippen molar-refractivity contribution in [2.75, 3.05) is 6.61 Å². The molecule has 3 rings (SSSR count). The smallest absolute Gasteiger partial charge is 0.0689 e. The average molecular weight is 418 g/mol. The molecule has 1 aliphatic rings. The van der Waals surface area contributed by atoms with E-state index in [-0.39, 0.29) is 12.0 Å². The van der Waals surface area contributed by atoms with Crippen molar-refractivity contribution in [1.82, 2.24) is 0 Å². The summed E-state index contributed by atoms with van der Waals surface area (Å²) in [6.45, 7) is 4.82. The minimum Gasteiger partial charge on any atom is -0.396 e. The highest BCUT2D eigenvalue weighted by Gasteiger charge is 2.36. The molecule has 0 spiro atoms. The summed E-state index contributed by atoms with van der Waals surface area (Å²) in [7, 11) is 0. The quantitative estimate of drug-likeness (QED) is 0.398. The predicted octanol–water partition coefficient (Wildman–Crippen LogP) is 7.98. The molecule has 1 aliphatic carbocycles. The Hall–Kier alpha value is -2.11. The first-order chi connectivity index (χ1) is 15.1. The molecule has 0 aliphatic heterocycles. The number of nitriles is 1. The molecule has 0 radical (unpaired) electrons. The monoisotopic (exact) mass is 417 g/mol. The molecular weight excluding hydrogens is 378 g/mol. The van der Waals surface area contributed by atoms with Crippen molar-refractivity contribution in [1.29, 1.82) is 5.26 Å². The molecule has 2 aromatic rings. The van der Waals surface area contributed by atoms with Crippen molar-refractivity contribution in [3.63, 3.8) is 0 Å². The van der Waals surface area contributed by atoms with E-state index in [1.807, 2.05) is 0 Å². The number of nitrogens with zero attached hydrogens (tertiary/aromatic N) is 1. The Balaban J connectivity index is 1.66. The maximum absolute atomic E-state index is 9.95. The third-order valence-corrected chi connectivity index (χ3v) is 7.31. The van der Waals surface area contributed by atoms with Crippen molar-refractivity contribution < 1.29 is 5.11 Å². The third kappa shape index (κ3) is 6.20. The summed E-state index contributed by atoms with van der Waals surface area (Å²) in [5.41, 5.74) is 5.17. The Bertz CT molecular complexity index is 833. The van der Waals surface area contributed by atoms with Gasteiger partial charge < -0.3 is 5.11 Å². The fourth-order valence-corrected chi connectivity index (χ4v) is 5.34. The molecule has 3 unspecified atom stereocenters. The van der Waals surface area contributed by atoms with Gasteiger partial charge in [0.25, 0.3) is 0 Å². The van der Waals surface area contributed by atoms with Crippen LogP contribution in [-0.4, -0.2) is 11.7 Å². The van der Waals surface area contributed by atoms with Gasteiger partial charge in [0, 0.05) is 6.61 Å². The van der Waals surface area contributed by atoms with Gasteiger partial charge in [-0.05, 0) is 72.6 Å². The van der Waals surface area contributed by atoms with Gasteiger partial charge in [-0.2, -0.15) is 5.26 Å². The minimum absolute atomic E-state index is 0.179. The van der Waals surface area contributed by atoms with E-state index in [1.165, 1.54) is 41.5 Å². The predicted molar refractivity (Wildman–Crippen MR) is 130 cm³/mol. The van der Waals surface area contributed by atoms with Crippen LogP contribution in [0.3, 0.4) is 0 Å². The van der Waals surface area contributed by atoms with Crippen LogP contribution in [0.25, 0.3) is 11.1 Å². The van der Waals surface area contributed by atoms with E-state index in [4.69, 9.17) is 5.11 Å². The Kier molecular flexibility index (Phi) is 8.73. The molecular formula is C29H39NO. The van der Waals surface area contributed by atoms with E-state index in [0.29, 0.717) is 11.8 Å². The summed E-state index contributed by atoms with van der Waals surface area (Å²) in [5, 5.41) is 19.0. The van der Waals surface area contributed by atoms with Gasteiger partial charge in [-0.15, -0.1) is 0 Å². The van der Waals surface area contributed by atoms with E-state index in [0.717, 1.165) is 44.9 Å². The van der Waals surface area contributed by atoms with E-state index in [9.17, 15) is 5.26 Å². The lowest BCUT2D eigenvalue weighted by Gasteiger charge is -2.36. The second-order valence-electron chi connectivity index (χ2n) is 9.65. The van der Waals surface area contributed by atoms with Crippen LogP contribution in [0, 0.1) is 16.7 Å². The van der Waals surface area contributed by atoms with E-state index < -0.39 is 0 Å². The largest absolute Gasteiger partial charge is 0.396 e. The molecule has 0 saturated heterocycles. The van der Waals surface area contributed by atoms with Gasteiger partial charge >= 0.3 is 0 Å². The fraction of sp³-hybridized carbons (Fsp3) is 0.552. The molecule has 0 heterocycles. The zero-order chi connectivity index (χ0) is 22.1. The Morgan fingerprint density at radius 3 is 2.32 bits per heavy atom. The van der Waals surface area contributed by atoms with E-state index >= 15 is 0 Å². The second kappa shape index (κ2) is 11.5. The molecule has 3 atom stereocenters. The second-order valence-corrected chi connectivity index (χ2v) is 9.65. The van der Waals surface area contributed by atoms with Gasteiger partial charge in [-0.25, -0.2) is 0 Å². The fourth-order valence-electron chi connectivity index (χ4n) is 5.34. The normalized spacial score (nSPS) is 22.1. The Labute approximate surface area is 189 Å². The average Bonchev–Trinajstić information content (AvgIpc) is 2.82. The van der Waals surface area contributed by atoms with Crippen molar-refractivity contribution in [3.05, 3.63) is 59.7 Å². The van der Waals surface area contributed by atoms with Gasteiger partial charge in [0.2, 0.25) is 0 Å². The lowest BCUT2D eigenvalue weighted by molar-refractivity contribution is 0.214. The van der Waals surface area contributed by atoms with Crippen LogP contribution in [0.1, 0.15) is 101 Å². The summed E-state index contributed by atoms with van der Waals surface area (Å²) in [4.78, 5) is 0. The van der Waals surface area contributed by atoms with Crippen LogP contribution in [0.4, 0.5) is 0 Å². The van der Waals surface area contributed by atoms with Crippen molar-refractivity contribution >= 4 is 0 Å². The number of benzene rings is 2. The minimum atomic E-state index is -0.179. The highest BCUT2D eigenvalue weighted by molar-refractivity contribution is 5.64. The van der Waals surface area contributed by atoms with E-state index in [1.54, 1.807) is 0 Å². The first-order valence-corrected chi connectivity index (χ1v) is 12.3. The molecule has 31 heavy (non-hydrogen) atoms. The Morgan fingerprint density at radius 2 is 1.71 bits per heavy atom. The number of aliphatic hydroxyl groups excluding tert-OH is 1. The summed E-state index contributed by atoms with van der Waals surface area (Å²) in [5.74, 6) is 1.11. The van der Waals surface area contributed by atoms with Gasteiger partial charge in [0.05, 0.1) is 11.5 Å². The maximum atomic E-state index is 9.95. The maximum Gasteiger partial charge on any atom is 0.0689 e. The van der Waals surface area contributed by atoms with Crippen LogP contribution in [0.5, 0.6) is 0 Å². The van der Waals surface area contributed by atoms with Crippen LogP contribution in [0.15, 0.2) is 48.5 Å². The molecule has 0 aromatic heterocycles. The van der Waals surface area contributed by atoms with Crippen LogP contribution in [0.2, 0.25) is 0 Å². The molecule has 1 saturated carbocycles. The number of unbranched alkanes of at least 4 members (excludes halogenated alkanes) is 2. The number of aliphatic hydroxyl groups is 1. The third-order valence-electron chi connectivity index (χ3n) is 7.31. The zero-order valence-corrected chi connectivity index (χ0v) is 19.4. The SMILES string of the molecule is CCCC(C)c1ccc(-c2ccc(C3CCCC(C#N)(CCCCCO)C3)cc2)cc1. The van der Waals surface area contributed by atoms with Crippen molar-refractivity contribution in [2.45, 2.75) is 89.9 Å². The summed E-state index contributed by atoms with van der Waals surface area (Å²) < 4.78 is 0. The molecule has 2 aromatic carbocycles. The first-order valence-electron chi connectivity index (χ1n) is 12.3. The highest BCUT2D eigenvalue weighted by atomic mass is 16.2. The van der Waals surface area contributed by atoms with Gasteiger partial charge in [-0.1, -0.05) is 88.1 Å². The van der Waals surface area contributed by atoms with Crippen LogP contribution >= 0.6 is 0 Å². The van der Waals surface area contributed by atoms with Gasteiger partial charge in [-0.3, -0.25) is 0 Å². The van der Waals surface area contributed by atoms with Gasteiger partial charge in [0.15, 0.2) is 0 Å². The lowest BCUT2D eigenvalue weighted by atomic mass is 9.66. The number of hydrogen-bond donors (Lipinski definition) is 1. The first kappa shape index (κ1) is 23.6. The zero-order valence-electron chi connectivity index (χ0n) is 19.4. The summed E-state index contributed by atoms with van der Waals surface area (Å²) >= 11 is 0. The summed E-state index contributed by atoms with van der Waals surface area (Å²) in [6.07, 6.45) is 10.7. The summed E-state index contributed by atoms with van der Waals surface area (Å²) in [6, 6.07) is 20.8. The molecule has 1 N–H and O–H groups in total. The van der Waals surface area contributed by atoms with Crippen LogP contribution in [-0.2, 0) is 0 Å². The molecule has 1 fully saturated rings. The lowest BCUT2D eigenvalue weighted by Crippen LogP contribution is -2.26. The van der Waals surface area contributed by atoms with Crippen molar-refractivity contribution in [3.8, 4) is 17.2 Å². The number of hydrogen-bond acceptors (Lipinski definition) is 2. The Morgan fingerprint density at radius 1 is 1.03 bits per heavy atom. The molecule has 0 bridgehead atoms. The number of rotatable bonds is 10. The van der Waals surface area contributed by atoms with Crippen LogP contribution < -0.4 is 0 Å². The van der Waals surface area contributed by atoms with Gasteiger partial charge in [0.1, 0.15) is 0 Å². The molecule has 2 nitrogen and oxygen atoms in total. The highest BCUT2D eigenvalue weighted by Crippen LogP contribution is 2.46. The molecule has 166 valence electrons. The molecule has 2 heteroatoms. The molecule has 0 amide bonds.